The average Bonchev–Trinajstić information content (AvgIpc) is 2.69. The van der Waals surface area contributed by atoms with E-state index in [1.807, 2.05) is 31.2 Å². The highest BCUT2D eigenvalue weighted by Gasteiger charge is 2.31. The van der Waals surface area contributed by atoms with E-state index in [9.17, 15) is 13.2 Å². The molecule has 28 heavy (non-hydrogen) atoms. The van der Waals surface area contributed by atoms with E-state index in [-0.39, 0.29) is 17.6 Å². The molecule has 1 aromatic carbocycles. The Morgan fingerprint density at radius 1 is 1.18 bits per heavy atom. The minimum absolute atomic E-state index is 0.0275. The van der Waals surface area contributed by atoms with E-state index in [0.29, 0.717) is 31.8 Å². The highest BCUT2D eigenvalue weighted by atomic mass is 32.2. The first kappa shape index (κ1) is 22.9. The first-order valence-electron chi connectivity index (χ1n) is 10.7. The molecule has 2 rings (SSSR count). The SMILES string of the molecule is CCCCC(CC)CNC(=O)C1CCN(S(=O)(=O)Cc2ccc(C)cc2)CC1. The van der Waals surface area contributed by atoms with Crippen LogP contribution in [0.4, 0.5) is 0 Å². The summed E-state index contributed by atoms with van der Waals surface area (Å²) in [6.45, 7) is 7.94. The molecule has 0 spiro atoms. The fraction of sp³-hybridized carbons (Fsp3) is 0.682. The largest absolute Gasteiger partial charge is 0.356 e. The molecule has 0 radical (unpaired) electrons. The Hall–Kier alpha value is -1.40. The molecular formula is C22H36N2O3S. The number of carbonyl (C=O) groups is 1. The van der Waals surface area contributed by atoms with E-state index < -0.39 is 10.0 Å². The van der Waals surface area contributed by atoms with Crippen LogP contribution in [0.3, 0.4) is 0 Å². The van der Waals surface area contributed by atoms with E-state index in [1.165, 1.54) is 12.8 Å². The first-order valence-corrected chi connectivity index (χ1v) is 12.3. The predicted octanol–water partition coefficient (Wildman–Crippen LogP) is 3.87. The number of aryl methyl sites for hydroxylation is 1. The monoisotopic (exact) mass is 408 g/mol. The van der Waals surface area contributed by atoms with Crippen molar-refractivity contribution in [1.82, 2.24) is 9.62 Å². The molecule has 1 aliphatic rings. The Balaban J connectivity index is 1.80. The molecule has 1 atom stereocenters. The summed E-state index contributed by atoms with van der Waals surface area (Å²) in [5, 5.41) is 3.10. The maximum atomic E-state index is 12.7. The Labute approximate surface area is 170 Å². The first-order chi connectivity index (χ1) is 13.4. The van der Waals surface area contributed by atoms with Crippen LogP contribution >= 0.6 is 0 Å². The molecule has 1 aromatic rings. The summed E-state index contributed by atoms with van der Waals surface area (Å²) >= 11 is 0. The predicted molar refractivity (Wildman–Crippen MR) is 114 cm³/mol. The van der Waals surface area contributed by atoms with Crippen LogP contribution in [0.2, 0.25) is 0 Å². The lowest BCUT2D eigenvalue weighted by Gasteiger charge is -2.31. The molecule has 0 saturated carbocycles. The zero-order chi connectivity index (χ0) is 20.6. The maximum absolute atomic E-state index is 12.7. The number of sulfonamides is 1. The van der Waals surface area contributed by atoms with Gasteiger partial charge in [-0.25, -0.2) is 12.7 Å². The summed E-state index contributed by atoms with van der Waals surface area (Å²) in [5.74, 6) is 0.582. The lowest BCUT2D eigenvalue weighted by atomic mass is 9.95. The number of piperidine rings is 1. The van der Waals surface area contributed by atoms with Gasteiger partial charge in [0.1, 0.15) is 0 Å². The van der Waals surface area contributed by atoms with Gasteiger partial charge < -0.3 is 5.32 Å². The zero-order valence-electron chi connectivity index (χ0n) is 17.6. The number of hydrogen-bond acceptors (Lipinski definition) is 3. The van der Waals surface area contributed by atoms with Crippen molar-refractivity contribution < 1.29 is 13.2 Å². The van der Waals surface area contributed by atoms with Gasteiger partial charge >= 0.3 is 0 Å². The van der Waals surface area contributed by atoms with Crippen LogP contribution in [0, 0.1) is 18.8 Å². The van der Waals surface area contributed by atoms with Gasteiger partial charge in [0.15, 0.2) is 0 Å². The van der Waals surface area contributed by atoms with Crippen LogP contribution in [-0.4, -0.2) is 38.3 Å². The molecule has 1 fully saturated rings. The van der Waals surface area contributed by atoms with E-state index >= 15 is 0 Å². The van der Waals surface area contributed by atoms with Gasteiger partial charge in [-0.2, -0.15) is 0 Å². The molecule has 0 bridgehead atoms. The molecule has 158 valence electrons. The van der Waals surface area contributed by atoms with Gasteiger partial charge in [-0.3, -0.25) is 4.79 Å². The molecule has 6 heteroatoms. The third-order valence-corrected chi connectivity index (χ3v) is 7.65. The van der Waals surface area contributed by atoms with Crippen LogP contribution in [-0.2, 0) is 20.6 Å². The number of carbonyl (C=O) groups excluding carboxylic acids is 1. The maximum Gasteiger partial charge on any atom is 0.223 e. The number of benzene rings is 1. The minimum Gasteiger partial charge on any atom is -0.356 e. The summed E-state index contributed by atoms with van der Waals surface area (Å²) < 4.78 is 26.9. The van der Waals surface area contributed by atoms with Crippen LogP contribution in [0.25, 0.3) is 0 Å². The standard InChI is InChI=1S/C22H36N2O3S/c1-4-6-7-19(5-2)16-23-22(25)21-12-14-24(15-13-21)28(26,27)17-20-10-8-18(3)9-11-20/h8-11,19,21H,4-7,12-17H2,1-3H3,(H,23,25). The number of nitrogens with one attached hydrogen (secondary N) is 1. The lowest BCUT2D eigenvalue weighted by Crippen LogP contribution is -2.44. The van der Waals surface area contributed by atoms with Crippen molar-refractivity contribution >= 4 is 15.9 Å². The zero-order valence-corrected chi connectivity index (χ0v) is 18.4. The number of hydrogen-bond donors (Lipinski definition) is 1. The number of nitrogens with zero attached hydrogens (tertiary/aromatic N) is 1. The Morgan fingerprint density at radius 3 is 2.39 bits per heavy atom. The summed E-state index contributed by atoms with van der Waals surface area (Å²) in [6, 6.07) is 7.61. The summed E-state index contributed by atoms with van der Waals surface area (Å²) in [4.78, 5) is 12.5. The van der Waals surface area contributed by atoms with Crippen LogP contribution in [0.1, 0.15) is 63.5 Å². The molecule has 0 aliphatic carbocycles. The highest BCUT2D eigenvalue weighted by molar-refractivity contribution is 7.88. The van der Waals surface area contributed by atoms with Crippen LogP contribution < -0.4 is 5.32 Å². The molecule has 1 saturated heterocycles. The van der Waals surface area contributed by atoms with Gasteiger partial charge in [0, 0.05) is 25.6 Å². The van der Waals surface area contributed by atoms with Crippen molar-refractivity contribution in [2.75, 3.05) is 19.6 Å². The van der Waals surface area contributed by atoms with Crippen molar-refractivity contribution in [2.24, 2.45) is 11.8 Å². The second-order valence-corrected chi connectivity index (χ2v) is 10.0. The summed E-state index contributed by atoms with van der Waals surface area (Å²) in [5.41, 5.74) is 1.93. The Morgan fingerprint density at radius 2 is 1.82 bits per heavy atom. The van der Waals surface area contributed by atoms with Crippen LogP contribution in [0.15, 0.2) is 24.3 Å². The average molecular weight is 409 g/mol. The van der Waals surface area contributed by atoms with Gasteiger partial charge in [0.2, 0.25) is 15.9 Å². The summed E-state index contributed by atoms with van der Waals surface area (Å²) in [7, 11) is -3.34. The lowest BCUT2D eigenvalue weighted by molar-refractivity contribution is -0.126. The molecule has 1 aliphatic heterocycles. The molecule has 1 heterocycles. The Bertz CT molecular complexity index is 708. The quantitative estimate of drug-likeness (QED) is 0.639. The number of unbranched alkanes of at least 4 members (excludes halogenated alkanes) is 1. The normalized spacial score (nSPS) is 17.4. The van der Waals surface area contributed by atoms with Crippen molar-refractivity contribution in [1.29, 1.82) is 0 Å². The van der Waals surface area contributed by atoms with E-state index in [2.05, 4.69) is 19.2 Å². The van der Waals surface area contributed by atoms with Gasteiger partial charge in [0.05, 0.1) is 5.75 Å². The number of amides is 1. The number of rotatable bonds is 10. The fourth-order valence-corrected chi connectivity index (χ4v) is 5.28. The van der Waals surface area contributed by atoms with E-state index in [4.69, 9.17) is 0 Å². The van der Waals surface area contributed by atoms with Crippen molar-refractivity contribution in [2.45, 2.75) is 65.0 Å². The van der Waals surface area contributed by atoms with Crippen LogP contribution in [0.5, 0.6) is 0 Å². The summed E-state index contributed by atoms with van der Waals surface area (Å²) in [6.07, 6.45) is 5.82. The topological polar surface area (TPSA) is 66.5 Å². The molecule has 5 nitrogen and oxygen atoms in total. The molecule has 0 aromatic heterocycles. The van der Waals surface area contributed by atoms with Gasteiger partial charge in [-0.05, 0) is 37.7 Å². The van der Waals surface area contributed by atoms with E-state index in [0.717, 1.165) is 30.5 Å². The molecular weight excluding hydrogens is 372 g/mol. The third kappa shape index (κ3) is 6.89. The van der Waals surface area contributed by atoms with Gasteiger partial charge in [-0.1, -0.05) is 62.9 Å². The van der Waals surface area contributed by atoms with Crippen molar-refractivity contribution in [3.05, 3.63) is 35.4 Å². The highest BCUT2D eigenvalue weighted by Crippen LogP contribution is 2.22. The molecule has 1 amide bonds. The molecule has 1 N–H and O–H groups in total. The minimum atomic E-state index is -3.34. The van der Waals surface area contributed by atoms with Crippen molar-refractivity contribution in [3.63, 3.8) is 0 Å². The van der Waals surface area contributed by atoms with Gasteiger partial charge in [-0.15, -0.1) is 0 Å². The second-order valence-electron chi connectivity index (χ2n) is 8.08. The van der Waals surface area contributed by atoms with Gasteiger partial charge in [0.25, 0.3) is 0 Å². The second kappa shape index (κ2) is 11.0. The van der Waals surface area contributed by atoms with E-state index in [1.54, 1.807) is 4.31 Å². The van der Waals surface area contributed by atoms with Crippen molar-refractivity contribution in [3.8, 4) is 0 Å². The third-order valence-electron chi connectivity index (χ3n) is 5.80. The molecule has 1 unspecified atom stereocenters. The smallest absolute Gasteiger partial charge is 0.223 e. The fourth-order valence-electron chi connectivity index (χ4n) is 3.71. The Kier molecular flexibility index (Phi) is 8.96.